The number of nitrogens with zero attached hydrogens (tertiary/aromatic N) is 4. The number of sulfone groups is 1. The molecule has 2 aliphatic heterocycles. The highest BCUT2D eigenvalue weighted by Crippen LogP contribution is 2.49. The number of halogens is 3. The summed E-state index contributed by atoms with van der Waals surface area (Å²) in [7, 11) is -7.81. The second-order valence-corrected chi connectivity index (χ2v) is 17.4. The number of hydrogen-bond acceptors (Lipinski definition) is 8. The minimum Gasteiger partial charge on any atom is -0.333 e. The molecule has 0 spiro atoms. The average molecular weight is 776 g/mol. The molecular weight excluding hydrogens is 742 g/mol. The SMILES string of the molecule is CS(=O)(=O)CCCN1CCN(C(=O)C(=O)c2ccc3n(c2=O)[C@@H](c2ccc(Cl)cc2)[C@@H](c2ccc(Cl)cc2)N3S(=O)(=O)c2ccccc2F)CC1. The monoisotopic (exact) mass is 774 g/mol. The van der Waals surface area contributed by atoms with Crippen molar-refractivity contribution in [3.63, 3.8) is 0 Å². The zero-order valence-electron chi connectivity index (χ0n) is 27.3. The van der Waals surface area contributed by atoms with Crippen molar-refractivity contribution >= 4 is 60.6 Å². The highest BCUT2D eigenvalue weighted by atomic mass is 35.5. The summed E-state index contributed by atoms with van der Waals surface area (Å²) < 4.78 is 69.2. The van der Waals surface area contributed by atoms with Gasteiger partial charge in [-0.15, -0.1) is 0 Å². The molecule has 0 bridgehead atoms. The third kappa shape index (κ3) is 7.47. The van der Waals surface area contributed by atoms with Gasteiger partial charge < -0.3 is 4.90 Å². The minimum atomic E-state index is -4.70. The quantitative estimate of drug-likeness (QED) is 0.169. The van der Waals surface area contributed by atoms with E-state index in [1.54, 1.807) is 48.5 Å². The third-order valence-corrected chi connectivity index (χ3v) is 12.4. The van der Waals surface area contributed by atoms with E-state index in [4.69, 9.17) is 23.2 Å². The molecule has 3 heterocycles. The first kappa shape index (κ1) is 36.7. The summed E-state index contributed by atoms with van der Waals surface area (Å²) in [6.45, 7) is 1.72. The lowest BCUT2D eigenvalue weighted by molar-refractivity contribution is -0.128. The number of carbonyl (C=O) groups is 2. The lowest BCUT2D eigenvalue weighted by Gasteiger charge is -2.34. The Morgan fingerprint density at radius 3 is 1.92 bits per heavy atom. The molecule has 16 heteroatoms. The molecule has 3 aromatic carbocycles. The molecule has 0 saturated carbocycles. The fourth-order valence-electron chi connectivity index (χ4n) is 6.56. The largest absolute Gasteiger partial charge is 0.333 e. The van der Waals surface area contributed by atoms with E-state index in [0.29, 0.717) is 47.2 Å². The molecule has 6 rings (SSSR count). The lowest BCUT2D eigenvalue weighted by Crippen LogP contribution is -2.51. The van der Waals surface area contributed by atoms with Crippen LogP contribution in [-0.2, 0) is 24.7 Å². The van der Waals surface area contributed by atoms with Crippen molar-refractivity contribution in [2.45, 2.75) is 23.4 Å². The van der Waals surface area contributed by atoms with Gasteiger partial charge in [-0.25, -0.2) is 25.5 Å². The van der Waals surface area contributed by atoms with E-state index in [1.807, 2.05) is 4.90 Å². The van der Waals surface area contributed by atoms with Crippen LogP contribution in [-0.4, -0.2) is 87.6 Å². The number of pyridine rings is 1. The molecule has 4 aromatic rings. The van der Waals surface area contributed by atoms with Crippen LogP contribution in [0.1, 0.15) is 40.0 Å². The van der Waals surface area contributed by atoms with E-state index in [0.717, 1.165) is 27.1 Å². The van der Waals surface area contributed by atoms with E-state index < -0.39 is 65.5 Å². The Labute approximate surface area is 304 Å². The first-order valence-corrected chi connectivity index (χ1v) is 20.2. The number of benzene rings is 3. The predicted octanol–water partition coefficient (Wildman–Crippen LogP) is 4.60. The number of fused-ring (bicyclic) bond motifs is 1. The molecular formula is C35H33Cl2FN4O7S2. The Hall–Kier alpha value is -4.08. The van der Waals surface area contributed by atoms with Gasteiger partial charge in [-0.1, -0.05) is 59.6 Å². The fourth-order valence-corrected chi connectivity index (χ4v) is 9.18. The fraction of sp³-hybridized carbons (Fsp3) is 0.286. The van der Waals surface area contributed by atoms with Crippen LogP contribution in [0, 0.1) is 5.82 Å². The topological polar surface area (TPSA) is 134 Å². The number of rotatable bonds is 10. The second-order valence-electron chi connectivity index (χ2n) is 12.5. The van der Waals surface area contributed by atoms with Crippen LogP contribution in [0.15, 0.2) is 94.6 Å². The van der Waals surface area contributed by atoms with Crippen molar-refractivity contribution in [2.75, 3.05) is 49.0 Å². The van der Waals surface area contributed by atoms with E-state index in [-0.39, 0.29) is 24.7 Å². The molecule has 2 atom stereocenters. The maximum atomic E-state index is 15.2. The van der Waals surface area contributed by atoms with Crippen LogP contribution in [0.3, 0.4) is 0 Å². The van der Waals surface area contributed by atoms with Gasteiger partial charge in [-0.05, 0) is 72.6 Å². The number of Topliss-reactive ketones (excluding diaryl/α,β-unsaturated/α-hetero) is 1. The normalized spacial score (nSPS) is 18.1. The minimum absolute atomic E-state index is 0.0435. The van der Waals surface area contributed by atoms with E-state index in [9.17, 15) is 31.2 Å². The Bertz CT molecular complexity index is 2260. The summed E-state index contributed by atoms with van der Waals surface area (Å²) in [5, 5.41) is 0.757. The first-order valence-electron chi connectivity index (χ1n) is 16.0. The van der Waals surface area contributed by atoms with Crippen LogP contribution in [0.5, 0.6) is 0 Å². The van der Waals surface area contributed by atoms with Crippen molar-refractivity contribution in [1.29, 1.82) is 0 Å². The maximum absolute atomic E-state index is 15.2. The van der Waals surface area contributed by atoms with Crippen LogP contribution in [0.2, 0.25) is 10.0 Å². The number of aromatic nitrogens is 1. The van der Waals surface area contributed by atoms with E-state index in [2.05, 4.69) is 0 Å². The molecule has 1 fully saturated rings. The van der Waals surface area contributed by atoms with Gasteiger partial charge in [0.1, 0.15) is 26.4 Å². The Morgan fingerprint density at radius 1 is 0.784 bits per heavy atom. The first-order chi connectivity index (χ1) is 24.2. The van der Waals surface area contributed by atoms with Crippen LogP contribution >= 0.6 is 23.2 Å². The molecule has 0 aliphatic carbocycles. The molecule has 0 radical (unpaired) electrons. The molecule has 1 aromatic heterocycles. The van der Waals surface area contributed by atoms with Gasteiger partial charge in [0.05, 0.1) is 23.4 Å². The Kier molecular flexibility index (Phi) is 10.4. The van der Waals surface area contributed by atoms with E-state index >= 15 is 4.39 Å². The average Bonchev–Trinajstić information content (AvgIpc) is 3.45. The lowest BCUT2D eigenvalue weighted by atomic mass is 9.94. The van der Waals surface area contributed by atoms with E-state index in [1.165, 1.54) is 29.4 Å². The number of hydrogen-bond donors (Lipinski definition) is 0. The smallest absolute Gasteiger partial charge is 0.295 e. The Balaban J connectivity index is 1.42. The molecule has 2 aliphatic rings. The summed E-state index contributed by atoms with van der Waals surface area (Å²) in [5.74, 6) is -3.05. The van der Waals surface area contributed by atoms with Crippen LogP contribution < -0.4 is 9.86 Å². The summed E-state index contributed by atoms with van der Waals surface area (Å²) in [5.41, 5.74) is -0.494. The van der Waals surface area contributed by atoms with Crippen LogP contribution in [0.4, 0.5) is 10.2 Å². The number of sulfonamides is 1. The zero-order chi connectivity index (χ0) is 36.7. The molecule has 1 amide bonds. The highest BCUT2D eigenvalue weighted by molar-refractivity contribution is 7.93. The number of anilines is 1. The number of ketones is 1. The van der Waals surface area contributed by atoms with Crippen molar-refractivity contribution in [1.82, 2.24) is 14.4 Å². The van der Waals surface area contributed by atoms with Gasteiger partial charge in [-0.2, -0.15) is 0 Å². The van der Waals surface area contributed by atoms with Crippen molar-refractivity contribution in [2.24, 2.45) is 0 Å². The number of amides is 1. The standard InChI is InChI=1S/C35H33Cl2FN4O7S2/c1-50(46,47)22-4-17-39-18-20-40(21-19-39)35(45)33(43)27-15-16-30-41(34(27)44)31(23-7-11-25(36)12-8-23)32(24-9-13-26(37)14-10-24)42(30)51(48,49)29-6-3-2-5-28(29)38/h2-3,5-16,31-32H,4,17-22H2,1H3/t31-,32+/m0/s1. The van der Waals surface area contributed by atoms with Gasteiger partial charge in [-0.3, -0.25) is 23.9 Å². The van der Waals surface area contributed by atoms with Gasteiger partial charge in [0.2, 0.25) is 0 Å². The number of carbonyl (C=O) groups excluding carboxylic acids is 2. The molecule has 0 unspecified atom stereocenters. The maximum Gasteiger partial charge on any atom is 0.295 e. The zero-order valence-corrected chi connectivity index (χ0v) is 30.4. The molecule has 1 saturated heterocycles. The second kappa shape index (κ2) is 14.5. The summed E-state index contributed by atoms with van der Waals surface area (Å²) in [6, 6.07) is 17.8. The third-order valence-electron chi connectivity index (χ3n) is 9.04. The summed E-state index contributed by atoms with van der Waals surface area (Å²) in [6.07, 6.45) is 1.61. The Morgan fingerprint density at radius 2 is 1.35 bits per heavy atom. The van der Waals surface area contributed by atoms with Crippen molar-refractivity contribution < 1.29 is 30.8 Å². The van der Waals surface area contributed by atoms with Crippen molar-refractivity contribution in [3.05, 3.63) is 128 Å². The summed E-state index contributed by atoms with van der Waals surface area (Å²) >= 11 is 12.4. The summed E-state index contributed by atoms with van der Waals surface area (Å²) in [4.78, 5) is 44.5. The number of piperazine rings is 1. The van der Waals surface area contributed by atoms with Gasteiger partial charge >= 0.3 is 0 Å². The molecule has 11 nitrogen and oxygen atoms in total. The van der Waals surface area contributed by atoms with Crippen molar-refractivity contribution in [3.8, 4) is 0 Å². The van der Waals surface area contributed by atoms with Gasteiger partial charge in [0, 0.05) is 42.5 Å². The van der Waals surface area contributed by atoms with Gasteiger partial charge in [0.25, 0.3) is 27.3 Å². The molecule has 0 N–H and O–H groups in total. The predicted molar refractivity (Wildman–Crippen MR) is 192 cm³/mol. The highest BCUT2D eigenvalue weighted by Gasteiger charge is 2.48. The van der Waals surface area contributed by atoms with Crippen LogP contribution in [0.25, 0.3) is 0 Å². The van der Waals surface area contributed by atoms with Gasteiger partial charge in [0.15, 0.2) is 0 Å². The molecule has 268 valence electrons. The molecule has 51 heavy (non-hydrogen) atoms.